The van der Waals surface area contributed by atoms with E-state index in [1.54, 1.807) is 0 Å². The van der Waals surface area contributed by atoms with Gasteiger partial charge in [-0.25, -0.2) is 0 Å². The summed E-state index contributed by atoms with van der Waals surface area (Å²) in [6.45, 7) is 10.6. The van der Waals surface area contributed by atoms with Crippen molar-refractivity contribution in [3.8, 4) is 0 Å². The van der Waals surface area contributed by atoms with Crippen LogP contribution in [0.25, 0.3) is 0 Å². The summed E-state index contributed by atoms with van der Waals surface area (Å²) in [4.78, 5) is 2.61. The van der Waals surface area contributed by atoms with E-state index in [4.69, 9.17) is 0 Å². The fourth-order valence-electron chi connectivity index (χ4n) is 4.05. The molecular weight excluding hydrogens is 260 g/mol. The van der Waals surface area contributed by atoms with Gasteiger partial charge < -0.3 is 10.4 Å². The van der Waals surface area contributed by atoms with Crippen molar-refractivity contribution in [2.45, 2.75) is 83.7 Å². The minimum Gasteiger partial charge on any atom is -0.395 e. The molecule has 0 aromatic carbocycles. The predicted molar refractivity (Wildman–Crippen MR) is 89.6 cm³/mol. The van der Waals surface area contributed by atoms with E-state index in [1.807, 2.05) is 0 Å². The van der Waals surface area contributed by atoms with Gasteiger partial charge >= 0.3 is 0 Å². The Kier molecular flexibility index (Phi) is 6.10. The fourth-order valence-corrected chi connectivity index (χ4v) is 4.05. The Labute approximate surface area is 131 Å². The quantitative estimate of drug-likeness (QED) is 0.818. The number of aliphatic hydroxyl groups is 1. The number of aliphatic hydroxyl groups excluding tert-OH is 1. The molecule has 0 aromatic heterocycles. The Morgan fingerprint density at radius 3 is 2.43 bits per heavy atom. The van der Waals surface area contributed by atoms with Crippen molar-refractivity contribution in [1.29, 1.82) is 0 Å². The minimum atomic E-state index is 0.199. The number of hydrogen-bond acceptors (Lipinski definition) is 3. The number of nitrogens with zero attached hydrogens (tertiary/aromatic N) is 1. The molecule has 0 aromatic rings. The van der Waals surface area contributed by atoms with Crippen LogP contribution in [-0.4, -0.2) is 47.8 Å². The molecule has 3 heteroatoms. The highest BCUT2D eigenvalue weighted by molar-refractivity contribution is 4.93. The van der Waals surface area contributed by atoms with Gasteiger partial charge in [-0.2, -0.15) is 0 Å². The Balaban J connectivity index is 2.00. The lowest BCUT2D eigenvalue weighted by molar-refractivity contribution is 0.0718. The van der Waals surface area contributed by atoms with Gasteiger partial charge in [-0.05, 0) is 58.4 Å². The van der Waals surface area contributed by atoms with Gasteiger partial charge in [-0.3, -0.25) is 4.90 Å². The molecule has 3 nitrogen and oxygen atoms in total. The molecule has 1 saturated carbocycles. The normalized spacial score (nSPS) is 27.7. The number of rotatable bonds is 5. The second-order valence-corrected chi connectivity index (χ2v) is 8.47. The van der Waals surface area contributed by atoms with E-state index < -0.39 is 0 Å². The summed E-state index contributed by atoms with van der Waals surface area (Å²) in [7, 11) is 0. The molecule has 1 saturated heterocycles. The van der Waals surface area contributed by atoms with E-state index in [-0.39, 0.29) is 5.54 Å². The topological polar surface area (TPSA) is 35.5 Å². The summed E-state index contributed by atoms with van der Waals surface area (Å²) in [6.07, 6.45) is 10.6. The van der Waals surface area contributed by atoms with Crippen LogP contribution in [-0.2, 0) is 0 Å². The maximum Gasteiger partial charge on any atom is 0.0586 e. The first-order valence-electron chi connectivity index (χ1n) is 9.04. The predicted octanol–water partition coefficient (Wildman–Crippen LogP) is 3.17. The first kappa shape index (κ1) is 17.2. The molecule has 2 rings (SSSR count). The molecule has 124 valence electrons. The van der Waals surface area contributed by atoms with Crippen molar-refractivity contribution in [2.24, 2.45) is 5.41 Å². The molecule has 21 heavy (non-hydrogen) atoms. The molecule has 1 atom stereocenters. The van der Waals surface area contributed by atoms with E-state index in [0.717, 1.165) is 6.54 Å². The van der Waals surface area contributed by atoms with Crippen LogP contribution in [0.3, 0.4) is 0 Å². The molecular formula is C18H36N2O. The van der Waals surface area contributed by atoms with Gasteiger partial charge in [0, 0.05) is 24.7 Å². The molecule has 2 aliphatic rings. The van der Waals surface area contributed by atoms with Crippen LogP contribution in [0.2, 0.25) is 0 Å². The molecule has 2 N–H and O–H groups in total. The molecule has 0 amide bonds. The largest absolute Gasteiger partial charge is 0.395 e. The summed E-state index contributed by atoms with van der Waals surface area (Å²) in [6, 6.07) is 0.402. The van der Waals surface area contributed by atoms with Crippen molar-refractivity contribution in [3.63, 3.8) is 0 Å². The summed E-state index contributed by atoms with van der Waals surface area (Å²) in [5.74, 6) is 0. The lowest BCUT2D eigenvalue weighted by atomic mass is 9.84. The van der Waals surface area contributed by atoms with Crippen LogP contribution in [0, 0.1) is 5.41 Å². The number of likely N-dealkylation sites (tertiary alicyclic amines) is 1. The molecule has 2 fully saturated rings. The highest BCUT2D eigenvalue weighted by atomic mass is 16.3. The van der Waals surface area contributed by atoms with E-state index in [9.17, 15) is 5.11 Å². The summed E-state index contributed by atoms with van der Waals surface area (Å²) < 4.78 is 0. The Morgan fingerprint density at radius 2 is 1.81 bits per heavy atom. The van der Waals surface area contributed by atoms with Crippen molar-refractivity contribution >= 4 is 0 Å². The first-order valence-corrected chi connectivity index (χ1v) is 9.04. The van der Waals surface area contributed by atoms with Gasteiger partial charge in [0.25, 0.3) is 0 Å². The van der Waals surface area contributed by atoms with Crippen LogP contribution < -0.4 is 5.32 Å². The zero-order valence-electron chi connectivity index (χ0n) is 14.5. The highest BCUT2D eigenvalue weighted by Gasteiger charge is 2.37. The van der Waals surface area contributed by atoms with Crippen LogP contribution >= 0.6 is 0 Å². The van der Waals surface area contributed by atoms with Crippen LogP contribution in [0.4, 0.5) is 0 Å². The van der Waals surface area contributed by atoms with E-state index >= 15 is 0 Å². The maximum absolute atomic E-state index is 9.75. The monoisotopic (exact) mass is 296 g/mol. The molecule has 0 spiro atoms. The van der Waals surface area contributed by atoms with Crippen molar-refractivity contribution in [1.82, 2.24) is 10.2 Å². The van der Waals surface area contributed by atoms with Crippen molar-refractivity contribution < 1.29 is 5.11 Å². The van der Waals surface area contributed by atoms with Crippen molar-refractivity contribution in [2.75, 3.05) is 26.2 Å². The zero-order chi connectivity index (χ0) is 15.3. The highest BCUT2D eigenvalue weighted by Crippen LogP contribution is 2.39. The average molecular weight is 296 g/mol. The summed E-state index contributed by atoms with van der Waals surface area (Å²) in [5, 5.41) is 13.5. The van der Waals surface area contributed by atoms with Crippen LogP contribution in [0.1, 0.15) is 72.1 Å². The molecule has 1 unspecified atom stereocenters. The molecule has 1 heterocycles. The Bertz CT molecular complexity index is 305. The lowest BCUT2D eigenvalue weighted by Crippen LogP contribution is -2.50. The minimum absolute atomic E-state index is 0.199. The maximum atomic E-state index is 9.75. The summed E-state index contributed by atoms with van der Waals surface area (Å²) in [5.41, 5.74) is 0.635. The first-order chi connectivity index (χ1) is 9.94. The smallest absolute Gasteiger partial charge is 0.0586 e. The van der Waals surface area contributed by atoms with Crippen LogP contribution in [0.15, 0.2) is 0 Å². The Morgan fingerprint density at radius 1 is 1.10 bits per heavy atom. The van der Waals surface area contributed by atoms with Crippen LogP contribution in [0.5, 0.6) is 0 Å². The summed E-state index contributed by atoms with van der Waals surface area (Å²) >= 11 is 0. The number of hydrogen-bond donors (Lipinski definition) is 2. The molecule has 0 bridgehead atoms. The van der Waals surface area contributed by atoms with Gasteiger partial charge in [0.1, 0.15) is 0 Å². The third-order valence-electron chi connectivity index (χ3n) is 5.41. The van der Waals surface area contributed by atoms with Crippen molar-refractivity contribution in [3.05, 3.63) is 0 Å². The van der Waals surface area contributed by atoms with E-state index in [0.29, 0.717) is 18.1 Å². The Hall–Kier alpha value is -0.120. The van der Waals surface area contributed by atoms with E-state index in [1.165, 1.54) is 64.5 Å². The third-order valence-corrected chi connectivity index (χ3v) is 5.41. The molecule has 1 aliphatic heterocycles. The van der Waals surface area contributed by atoms with Gasteiger partial charge in [-0.15, -0.1) is 0 Å². The van der Waals surface area contributed by atoms with Gasteiger partial charge in [-0.1, -0.05) is 25.7 Å². The standard InChI is InChI=1S/C18H36N2O/c1-17(2,3)19-14-18(10-6-7-11-18)15-20-12-8-4-5-9-16(20)13-21/h16,19,21H,4-15H2,1-3H3. The second-order valence-electron chi connectivity index (χ2n) is 8.47. The van der Waals surface area contributed by atoms with Gasteiger partial charge in [0.05, 0.1) is 6.61 Å². The average Bonchev–Trinajstić information content (AvgIpc) is 2.76. The second kappa shape index (κ2) is 7.43. The van der Waals surface area contributed by atoms with Gasteiger partial charge in [0.2, 0.25) is 0 Å². The third kappa shape index (κ3) is 5.22. The van der Waals surface area contributed by atoms with E-state index in [2.05, 4.69) is 31.0 Å². The lowest BCUT2D eigenvalue weighted by Gasteiger charge is -2.40. The number of nitrogens with one attached hydrogen (secondary N) is 1. The molecule has 0 radical (unpaired) electrons. The van der Waals surface area contributed by atoms with Gasteiger partial charge in [0.15, 0.2) is 0 Å². The SMILES string of the molecule is CC(C)(C)NCC1(CN2CCCCCC2CO)CCCC1. The molecule has 1 aliphatic carbocycles. The zero-order valence-corrected chi connectivity index (χ0v) is 14.5. The fraction of sp³-hybridized carbons (Fsp3) is 1.00.